The van der Waals surface area contributed by atoms with Gasteiger partial charge in [0.05, 0.1) is 16.0 Å². The number of nitrogens with zero attached hydrogens (tertiary/aromatic N) is 3. The molecule has 114 valence electrons. The van der Waals surface area contributed by atoms with Crippen LogP contribution in [0.5, 0.6) is 0 Å². The molecule has 2 atom stereocenters. The highest BCUT2D eigenvalue weighted by molar-refractivity contribution is 6.35. The van der Waals surface area contributed by atoms with Crippen LogP contribution in [0.1, 0.15) is 32.6 Å². The first-order valence-electron chi connectivity index (χ1n) is 6.76. The third-order valence-corrected chi connectivity index (χ3v) is 3.95. The molecular formula is C14H18Cl2N4O. The predicted octanol–water partition coefficient (Wildman–Crippen LogP) is 3.79. The van der Waals surface area contributed by atoms with Crippen LogP contribution in [-0.4, -0.2) is 28.2 Å². The Kier molecular flexibility index (Phi) is 5.19. The molecule has 0 radical (unpaired) electrons. The first-order chi connectivity index (χ1) is 9.93. The Balaban J connectivity index is 2.36. The Labute approximate surface area is 134 Å². The fraction of sp³-hybridized carbons (Fsp3) is 0.500. The molecule has 0 aliphatic carbocycles. The van der Waals surface area contributed by atoms with Gasteiger partial charge in [-0.3, -0.25) is 0 Å². The SMILES string of the molecule is CNC(C)C(c1nc(-c2ncc(Cl)cc2Cl)no1)C(C)C. The number of pyridine rings is 1. The molecule has 2 rings (SSSR count). The van der Waals surface area contributed by atoms with Crippen LogP contribution in [0.15, 0.2) is 16.8 Å². The molecule has 0 bridgehead atoms. The third kappa shape index (κ3) is 3.54. The molecule has 0 aliphatic heterocycles. The van der Waals surface area contributed by atoms with Gasteiger partial charge in [0.1, 0.15) is 5.69 Å². The van der Waals surface area contributed by atoms with Crippen LogP contribution in [0.4, 0.5) is 0 Å². The Bertz CT molecular complexity index is 615. The second kappa shape index (κ2) is 6.73. The zero-order valence-electron chi connectivity index (χ0n) is 12.4. The van der Waals surface area contributed by atoms with Crippen molar-refractivity contribution in [3.05, 3.63) is 28.2 Å². The lowest BCUT2D eigenvalue weighted by molar-refractivity contribution is 0.286. The van der Waals surface area contributed by atoms with Gasteiger partial charge in [-0.25, -0.2) is 4.98 Å². The smallest absolute Gasteiger partial charge is 0.231 e. The summed E-state index contributed by atoms with van der Waals surface area (Å²) >= 11 is 12.0. The minimum atomic E-state index is 0.113. The van der Waals surface area contributed by atoms with Crippen LogP contribution >= 0.6 is 23.2 Å². The van der Waals surface area contributed by atoms with Gasteiger partial charge >= 0.3 is 0 Å². The van der Waals surface area contributed by atoms with Crippen molar-refractivity contribution in [3.8, 4) is 11.5 Å². The number of hydrogen-bond donors (Lipinski definition) is 1. The van der Waals surface area contributed by atoms with Gasteiger partial charge in [0.25, 0.3) is 0 Å². The summed E-state index contributed by atoms with van der Waals surface area (Å²) in [6.07, 6.45) is 1.51. The summed E-state index contributed by atoms with van der Waals surface area (Å²) in [5.41, 5.74) is 0.468. The summed E-state index contributed by atoms with van der Waals surface area (Å²) in [6, 6.07) is 1.82. The van der Waals surface area contributed by atoms with Crippen LogP contribution in [0.2, 0.25) is 10.0 Å². The summed E-state index contributed by atoms with van der Waals surface area (Å²) in [7, 11) is 1.91. The van der Waals surface area contributed by atoms with E-state index in [2.05, 4.69) is 41.2 Å². The van der Waals surface area contributed by atoms with Crippen LogP contribution in [0.25, 0.3) is 11.5 Å². The summed E-state index contributed by atoms with van der Waals surface area (Å²) in [5, 5.41) is 8.09. The van der Waals surface area contributed by atoms with E-state index in [9.17, 15) is 0 Å². The maximum Gasteiger partial charge on any atom is 0.231 e. The van der Waals surface area contributed by atoms with Gasteiger partial charge in [0, 0.05) is 12.2 Å². The highest BCUT2D eigenvalue weighted by atomic mass is 35.5. The van der Waals surface area contributed by atoms with E-state index in [-0.39, 0.29) is 12.0 Å². The number of likely N-dealkylation sites (N-methyl/N-ethyl adjacent to an activating group) is 1. The van der Waals surface area contributed by atoms with Gasteiger partial charge in [-0.15, -0.1) is 0 Å². The second-order valence-electron chi connectivity index (χ2n) is 5.29. The number of rotatable bonds is 5. The average Bonchev–Trinajstić information content (AvgIpc) is 2.87. The number of aromatic nitrogens is 3. The molecule has 21 heavy (non-hydrogen) atoms. The molecule has 5 nitrogen and oxygen atoms in total. The van der Waals surface area contributed by atoms with E-state index in [1.165, 1.54) is 6.20 Å². The lowest BCUT2D eigenvalue weighted by Gasteiger charge is -2.23. The van der Waals surface area contributed by atoms with Gasteiger partial charge in [0.15, 0.2) is 0 Å². The number of nitrogens with one attached hydrogen (secondary N) is 1. The highest BCUT2D eigenvalue weighted by Crippen LogP contribution is 2.30. The van der Waals surface area contributed by atoms with Crippen LogP contribution < -0.4 is 5.32 Å². The molecular weight excluding hydrogens is 311 g/mol. The first-order valence-corrected chi connectivity index (χ1v) is 7.52. The van der Waals surface area contributed by atoms with Gasteiger partial charge in [-0.1, -0.05) is 42.2 Å². The monoisotopic (exact) mass is 328 g/mol. The van der Waals surface area contributed by atoms with E-state index in [4.69, 9.17) is 27.7 Å². The van der Waals surface area contributed by atoms with Crippen molar-refractivity contribution in [2.45, 2.75) is 32.7 Å². The molecule has 2 heterocycles. The standard InChI is InChI=1S/C14H18Cl2N4O/c1-7(2)11(8(3)17-4)14-19-13(20-21-14)12-10(16)5-9(15)6-18-12/h5-8,11,17H,1-4H3. The molecule has 0 aromatic carbocycles. The molecule has 0 amide bonds. The van der Waals surface area contributed by atoms with Gasteiger partial charge in [-0.05, 0) is 26.0 Å². The lowest BCUT2D eigenvalue weighted by atomic mass is 9.89. The van der Waals surface area contributed by atoms with Crippen molar-refractivity contribution in [1.29, 1.82) is 0 Å². The van der Waals surface area contributed by atoms with Crippen molar-refractivity contribution < 1.29 is 4.52 Å². The third-order valence-electron chi connectivity index (χ3n) is 3.46. The highest BCUT2D eigenvalue weighted by Gasteiger charge is 2.28. The zero-order chi connectivity index (χ0) is 15.6. The summed E-state index contributed by atoms with van der Waals surface area (Å²) in [5.74, 6) is 1.42. The normalized spacial score (nSPS) is 14.4. The summed E-state index contributed by atoms with van der Waals surface area (Å²) in [6.45, 7) is 6.33. The van der Waals surface area contributed by atoms with E-state index in [1.807, 2.05) is 7.05 Å². The quantitative estimate of drug-likeness (QED) is 0.904. The number of halogens is 2. The second-order valence-corrected chi connectivity index (χ2v) is 6.13. The van der Waals surface area contributed by atoms with Crippen LogP contribution in [-0.2, 0) is 0 Å². The first kappa shape index (κ1) is 16.2. The Hall–Kier alpha value is -1.17. The van der Waals surface area contributed by atoms with Crippen LogP contribution in [0.3, 0.4) is 0 Å². The fourth-order valence-corrected chi connectivity index (χ4v) is 2.77. The predicted molar refractivity (Wildman–Crippen MR) is 83.6 cm³/mol. The van der Waals surface area contributed by atoms with E-state index in [0.717, 1.165) is 0 Å². The van der Waals surface area contributed by atoms with Crippen LogP contribution in [0, 0.1) is 5.92 Å². The minimum Gasteiger partial charge on any atom is -0.339 e. The van der Waals surface area contributed by atoms with Gasteiger partial charge in [0.2, 0.25) is 11.7 Å². The minimum absolute atomic E-state index is 0.113. The lowest BCUT2D eigenvalue weighted by Crippen LogP contribution is -2.32. The molecule has 0 saturated carbocycles. The topological polar surface area (TPSA) is 63.8 Å². The Morgan fingerprint density at radius 3 is 2.52 bits per heavy atom. The maximum absolute atomic E-state index is 6.12. The Morgan fingerprint density at radius 2 is 1.95 bits per heavy atom. The van der Waals surface area contributed by atoms with Crippen molar-refractivity contribution in [2.75, 3.05) is 7.05 Å². The molecule has 0 aliphatic rings. The van der Waals surface area contributed by atoms with Crippen molar-refractivity contribution in [3.63, 3.8) is 0 Å². The molecule has 0 fully saturated rings. The van der Waals surface area contributed by atoms with E-state index >= 15 is 0 Å². The molecule has 0 spiro atoms. The molecule has 2 unspecified atom stereocenters. The summed E-state index contributed by atoms with van der Waals surface area (Å²) < 4.78 is 5.42. The van der Waals surface area contributed by atoms with Crippen molar-refractivity contribution in [2.24, 2.45) is 5.92 Å². The molecule has 2 aromatic rings. The molecule has 1 N–H and O–H groups in total. The Morgan fingerprint density at radius 1 is 1.24 bits per heavy atom. The fourth-order valence-electron chi connectivity index (χ4n) is 2.30. The maximum atomic E-state index is 6.12. The van der Waals surface area contributed by atoms with E-state index in [0.29, 0.717) is 33.4 Å². The zero-order valence-corrected chi connectivity index (χ0v) is 13.9. The van der Waals surface area contributed by atoms with Gasteiger partial charge < -0.3 is 9.84 Å². The molecule has 7 heteroatoms. The molecule has 0 saturated heterocycles. The van der Waals surface area contributed by atoms with E-state index < -0.39 is 0 Å². The van der Waals surface area contributed by atoms with Crippen molar-refractivity contribution >= 4 is 23.2 Å². The van der Waals surface area contributed by atoms with Gasteiger partial charge in [-0.2, -0.15) is 4.98 Å². The largest absolute Gasteiger partial charge is 0.339 e. The molecule has 2 aromatic heterocycles. The van der Waals surface area contributed by atoms with E-state index in [1.54, 1.807) is 6.07 Å². The van der Waals surface area contributed by atoms with Crippen molar-refractivity contribution in [1.82, 2.24) is 20.4 Å². The summed E-state index contributed by atoms with van der Waals surface area (Å²) in [4.78, 5) is 8.62. The average molecular weight is 329 g/mol. The number of hydrogen-bond acceptors (Lipinski definition) is 5.